The van der Waals surface area contributed by atoms with Crippen molar-refractivity contribution in [1.82, 2.24) is 15.1 Å². The molecule has 7 heteroatoms. The molecule has 0 fully saturated rings. The van der Waals surface area contributed by atoms with E-state index in [0.29, 0.717) is 37.8 Å². The lowest BCUT2D eigenvalue weighted by Crippen LogP contribution is -2.29. The average molecular weight is 377 g/mol. The van der Waals surface area contributed by atoms with Crippen molar-refractivity contribution in [2.75, 3.05) is 13.2 Å². The minimum absolute atomic E-state index is 0.188. The van der Waals surface area contributed by atoms with Gasteiger partial charge in [-0.3, -0.25) is 9.59 Å². The van der Waals surface area contributed by atoms with Gasteiger partial charge in [-0.2, -0.15) is 5.10 Å². The van der Waals surface area contributed by atoms with Crippen LogP contribution in [-0.2, 0) is 13.1 Å². The van der Waals surface area contributed by atoms with Gasteiger partial charge in [0.05, 0.1) is 6.54 Å². The lowest BCUT2D eigenvalue weighted by atomic mass is 10.2. The summed E-state index contributed by atoms with van der Waals surface area (Å²) in [5.74, 6) is 1.03. The first-order chi connectivity index (χ1) is 13.7. The summed E-state index contributed by atoms with van der Waals surface area (Å²) in [4.78, 5) is 24.5. The number of amides is 1. The summed E-state index contributed by atoms with van der Waals surface area (Å²) in [6, 6.07) is 17.8. The molecule has 0 atom stereocenters. The largest absolute Gasteiger partial charge is 0.486 e. The number of fused-ring (bicyclic) bond motifs is 1. The van der Waals surface area contributed by atoms with Crippen LogP contribution in [0.25, 0.3) is 0 Å². The van der Waals surface area contributed by atoms with Gasteiger partial charge in [0.1, 0.15) is 18.9 Å². The molecule has 1 aromatic heterocycles. The highest BCUT2D eigenvalue weighted by Gasteiger charge is 2.13. The first-order valence-electron chi connectivity index (χ1n) is 8.98. The number of rotatable bonds is 5. The normalized spacial score (nSPS) is 12.4. The van der Waals surface area contributed by atoms with Gasteiger partial charge in [0.15, 0.2) is 11.5 Å². The van der Waals surface area contributed by atoms with Gasteiger partial charge in [-0.1, -0.05) is 36.4 Å². The first-order valence-corrected chi connectivity index (χ1v) is 8.98. The Morgan fingerprint density at radius 3 is 2.57 bits per heavy atom. The van der Waals surface area contributed by atoms with Crippen molar-refractivity contribution in [2.24, 2.45) is 0 Å². The number of carbonyl (C=O) groups excluding carboxylic acids is 1. The van der Waals surface area contributed by atoms with E-state index in [4.69, 9.17) is 9.47 Å². The van der Waals surface area contributed by atoms with Gasteiger partial charge < -0.3 is 14.8 Å². The Balaban J connectivity index is 1.45. The molecule has 7 nitrogen and oxygen atoms in total. The molecule has 3 aromatic rings. The van der Waals surface area contributed by atoms with Crippen molar-refractivity contribution in [2.45, 2.75) is 13.1 Å². The number of ether oxygens (including phenoxy) is 2. The summed E-state index contributed by atoms with van der Waals surface area (Å²) in [5.41, 5.74) is 1.75. The van der Waals surface area contributed by atoms with E-state index in [9.17, 15) is 9.59 Å². The minimum atomic E-state index is -0.350. The maximum absolute atomic E-state index is 12.5. The Morgan fingerprint density at radius 2 is 1.75 bits per heavy atom. The molecule has 142 valence electrons. The smallest absolute Gasteiger partial charge is 0.271 e. The van der Waals surface area contributed by atoms with Crippen molar-refractivity contribution in [3.8, 4) is 11.5 Å². The molecule has 2 heterocycles. The highest BCUT2D eigenvalue weighted by atomic mass is 16.6. The molecule has 0 spiro atoms. The fraction of sp³-hybridized carbons (Fsp3) is 0.190. The monoisotopic (exact) mass is 377 g/mol. The molecular weight excluding hydrogens is 358 g/mol. The van der Waals surface area contributed by atoms with Crippen molar-refractivity contribution in [3.05, 3.63) is 87.8 Å². The summed E-state index contributed by atoms with van der Waals surface area (Å²) in [5, 5.41) is 7.02. The molecule has 0 bridgehead atoms. The zero-order chi connectivity index (χ0) is 19.3. The predicted molar refractivity (Wildman–Crippen MR) is 103 cm³/mol. The molecule has 1 aliphatic rings. The SMILES string of the molecule is O=C(NCc1ccc2c(c1)OCCO2)c1ccc(=O)n(Cc2ccccc2)n1. The van der Waals surface area contributed by atoms with Crippen molar-refractivity contribution in [1.29, 1.82) is 0 Å². The molecule has 2 aromatic carbocycles. The summed E-state index contributed by atoms with van der Waals surface area (Å²) in [7, 11) is 0. The van der Waals surface area contributed by atoms with E-state index in [1.807, 2.05) is 48.5 Å². The Kier molecular flexibility index (Phi) is 5.05. The molecule has 1 amide bonds. The fourth-order valence-corrected chi connectivity index (χ4v) is 2.91. The number of aromatic nitrogens is 2. The molecule has 4 rings (SSSR count). The maximum Gasteiger partial charge on any atom is 0.271 e. The molecule has 1 N–H and O–H groups in total. The average Bonchev–Trinajstić information content (AvgIpc) is 2.74. The van der Waals surface area contributed by atoms with Gasteiger partial charge in [-0.15, -0.1) is 0 Å². The van der Waals surface area contributed by atoms with Crippen LogP contribution in [0.3, 0.4) is 0 Å². The van der Waals surface area contributed by atoms with Crippen LogP contribution in [-0.4, -0.2) is 28.9 Å². The quantitative estimate of drug-likeness (QED) is 0.735. The van der Waals surface area contributed by atoms with Crippen LogP contribution in [0.1, 0.15) is 21.6 Å². The van der Waals surface area contributed by atoms with E-state index in [2.05, 4.69) is 10.4 Å². The van der Waals surface area contributed by atoms with E-state index in [1.54, 1.807) is 0 Å². The highest BCUT2D eigenvalue weighted by Crippen LogP contribution is 2.30. The Hall–Kier alpha value is -3.61. The number of hydrogen-bond acceptors (Lipinski definition) is 5. The molecule has 1 aliphatic heterocycles. The number of hydrogen-bond donors (Lipinski definition) is 1. The van der Waals surface area contributed by atoms with E-state index < -0.39 is 0 Å². The second-order valence-electron chi connectivity index (χ2n) is 6.36. The van der Waals surface area contributed by atoms with Crippen LogP contribution in [0.4, 0.5) is 0 Å². The highest BCUT2D eigenvalue weighted by molar-refractivity contribution is 5.91. The summed E-state index contributed by atoms with van der Waals surface area (Å²) >= 11 is 0. The third-order valence-electron chi connectivity index (χ3n) is 4.33. The van der Waals surface area contributed by atoms with Crippen molar-refractivity contribution >= 4 is 5.91 Å². The van der Waals surface area contributed by atoms with Gasteiger partial charge in [-0.25, -0.2) is 4.68 Å². The van der Waals surface area contributed by atoms with Gasteiger partial charge in [-0.05, 0) is 29.3 Å². The molecule has 0 radical (unpaired) electrons. The Labute approximate surface area is 161 Å². The molecular formula is C21H19N3O4. The lowest BCUT2D eigenvalue weighted by molar-refractivity contribution is 0.0943. The summed E-state index contributed by atoms with van der Waals surface area (Å²) in [6.07, 6.45) is 0. The third-order valence-corrected chi connectivity index (χ3v) is 4.33. The second-order valence-corrected chi connectivity index (χ2v) is 6.36. The van der Waals surface area contributed by atoms with Crippen molar-refractivity contribution < 1.29 is 14.3 Å². The first kappa shape index (κ1) is 17.8. The summed E-state index contributed by atoms with van der Waals surface area (Å²) in [6.45, 7) is 1.67. The van der Waals surface area contributed by atoms with Crippen LogP contribution in [0, 0.1) is 0 Å². The molecule has 0 unspecified atom stereocenters. The van der Waals surface area contributed by atoms with E-state index in [-0.39, 0.29) is 17.2 Å². The summed E-state index contributed by atoms with van der Waals surface area (Å²) < 4.78 is 12.3. The van der Waals surface area contributed by atoms with Crippen LogP contribution in [0.2, 0.25) is 0 Å². The number of nitrogens with one attached hydrogen (secondary N) is 1. The van der Waals surface area contributed by atoms with E-state index in [0.717, 1.165) is 11.1 Å². The predicted octanol–water partition coefficient (Wildman–Crippen LogP) is 1.99. The van der Waals surface area contributed by atoms with Gasteiger partial charge in [0, 0.05) is 12.6 Å². The van der Waals surface area contributed by atoms with Crippen LogP contribution < -0.4 is 20.3 Å². The van der Waals surface area contributed by atoms with E-state index >= 15 is 0 Å². The van der Waals surface area contributed by atoms with Gasteiger partial charge in [0.2, 0.25) is 0 Å². The zero-order valence-corrected chi connectivity index (χ0v) is 15.1. The molecule has 0 saturated carbocycles. The lowest BCUT2D eigenvalue weighted by Gasteiger charge is -2.19. The van der Waals surface area contributed by atoms with Crippen LogP contribution >= 0.6 is 0 Å². The standard InChI is InChI=1S/C21H19N3O4/c25-20-9-7-17(23-24(20)14-15-4-2-1-3-5-15)21(26)22-13-16-6-8-18-19(12-16)28-11-10-27-18/h1-9,12H,10-11,13-14H2,(H,22,26). The van der Waals surface area contributed by atoms with Crippen LogP contribution in [0.15, 0.2) is 65.5 Å². The number of benzene rings is 2. The fourth-order valence-electron chi connectivity index (χ4n) is 2.91. The van der Waals surface area contributed by atoms with Gasteiger partial charge in [0.25, 0.3) is 11.5 Å². The Morgan fingerprint density at radius 1 is 0.964 bits per heavy atom. The topological polar surface area (TPSA) is 82.5 Å². The number of nitrogens with zero attached hydrogens (tertiary/aromatic N) is 2. The third kappa shape index (κ3) is 4.03. The Bertz CT molecular complexity index is 1050. The van der Waals surface area contributed by atoms with E-state index in [1.165, 1.54) is 16.8 Å². The molecule has 0 saturated heterocycles. The van der Waals surface area contributed by atoms with Crippen molar-refractivity contribution in [3.63, 3.8) is 0 Å². The van der Waals surface area contributed by atoms with Crippen LogP contribution in [0.5, 0.6) is 11.5 Å². The molecule has 0 aliphatic carbocycles. The van der Waals surface area contributed by atoms with Gasteiger partial charge >= 0.3 is 0 Å². The minimum Gasteiger partial charge on any atom is -0.486 e. The maximum atomic E-state index is 12.5. The second kappa shape index (κ2) is 7.96. The zero-order valence-electron chi connectivity index (χ0n) is 15.1. The number of carbonyl (C=O) groups is 1. The molecule has 28 heavy (non-hydrogen) atoms.